The van der Waals surface area contributed by atoms with Crippen LogP contribution in [0.1, 0.15) is 18.1 Å². The summed E-state index contributed by atoms with van der Waals surface area (Å²) in [6.45, 7) is 3.09. The van der Waals surface area contributed by atoms with Gasteiger partial charge in [0, 0.05) is 6.54 Å². The minimum Gasteiger partial charge on any atom is -0.494 e. The lowest BCUT2D eigenvalue weighted by molar-refractivity contribution is 0.340. The Labute approximate surface area is 140 Å². The maximum absolute atomic E-state index is 12.8. The molecule has 0 aliphatic heterocycles. The fourth-order valence-electron chi connectivity index (χ4n) is 1.81. The number of halogens is 1. The highest BCUT2D eigenvalue weighted by molar-refractivity contribution is 7.80. The fraction of sp³-hybridized carbons (Fsp3) is 0.176. The third kappa shape index (κ3) is 6.04. The van der Waals surface area contributed by atoms with Crippen LogP contribution in [0.15, 0.2) is 53.6 Å². The number of rotatable bonds is 6. The molecule has 120 valence electrons. The van der Waals surface area contributed by atoms with E-state index in [4.69, 9.17) is 17.0 Å². The van der Waals surface area contributed by atoms with Gasteiger partial charge in [-0.05, 0) is 66.7 Å². The number of benzene rings is 2. The van der Waals surface area contributed by atoms with Crippen LogP contribution >= 0.6 is 12.2 Å². The average molecular weight is 331 g/mol. The van der Waals surface area contributed by atoms with Crippen molar-refractivity contribution in [1.29, 1.82) is 0 Å². The van der Waals surface area contributed by atoms with Gasteiger partial charge in [0.05, 0.1) is 12.8 Å². The zero-order valence-electron chi connectivity index (χ0n) is 12.8. The SMILES string of the molecule is CCOc1ccc(/C=N\NC(=S)NCc2ccc(F)cc2)cc1. The molecule has 0 radical (unpaired) electrons. The van der Waals surface area contributed by atoms with Gasteiger partial charge in [0.2, 0.25) is 0 Å². The summed E-state index contributed by atoms with van der Waals surface area (Å²) in [7, 11) is 0. The van der Waals surface area contributed by atoms with Crippen LogP contribution < -0.4 is 15.5 Å². The number of hydrogen-bond donors (Lipinski definition) is 2. The summed E-state index contributed by atoms with van der Waals surface area (Å²) in [5.74, 6) is 0.573. The zero-order chi connectivity index (χ0) is 16.5. The molecule has 2 N–H and O–H groups in total. The number of hydrogen-bond acceptors (Lipinski definition) is 3. The van der Waals surface area contributed by atoms with E-state index in [1.165, 1.54) is 12.1 Å². The lowest BCUT2D eigenvalue weighted by Gasteiger charge is -2.07. The normalized spacial score (nSPS) is 10.5. The largest absolute Gasteiger partial charge is 0.494 e. The third-order valence-corrected chi connectivity index (χ3v) is 3.17. The molecule has 2 aromatic rings. The van der Waals surface area contributed by atoms with E-state index in [9.17, 15) is 4.39 Å². The maximum Gasteiger partial charge on any atom is 0.187 e. The van der Waals surface area contributed by atoms with Crippen LogP contribution in [-0.4, -0.2) is 17.9 Å². The molecule has 0 aromatic heterocycles. The number of ether oxygens (including phenoxy) is 1. The molecule has 0 amide bonds. The first kappa shape index (κ1) is 16.9. The van der Waals surface area contributed by atoms with Crippen molar-refractivity contribution in [2.75, 3.05) is 6.61 Å². The van der Waals surface area contributed by atoms with Crippen LogP contribution in [0.5, 0.6) is 5.75 Å². The van der Waals surface area contributed by atoms with Gasteiger partial charge in [-0.25, -0.2) is 4.39 Å². The number of nitrogens with one attached hydrogen (secondary N) is 2. The summed E-state index contributed by atoms with van der Waals surface area (Å²) in [5.41, 5.74) is 4.61. The highest BCUT2D eigenvalue weighted by Gasteiger charge is 1.96. The quantitative estimate of drug-likeness (QED) is 0.485. The van der Waals surface area contributed by atoms with E-state index in [2.05, 4.69) is 15.8 Å². The van der Waals surface area contributed by atoms with E-state index >= 15 is 0 Å². The standard InChI is InChI=1S/C17H18FN3OS/c1-2-22-16-9-5-14(6-10-16)12-20-21-17(23)19-11-13-3-7-15(18)8-4-13/h3-10,12H,2,11H2,1H3,(H2,19,21,23)/b20-12-. The second kappa shape index (κ2) is 8.85. The molecule has 2 rings (SSSR count). The minimum atomic E-state index is -0.255. The van der Waals surface area contributed by atoms with Crippen molar-refractivity contribution >= 4 is 23.5 Å². The van der Waals surface area contributed by atoms with Crippen LogP contribution in [0.4, 0.5) is 4.39 Å². The summed E-state index contributed by atoms with van der Waals surface area (Å²) in [5, 5.41) is 7.46. The van der Waals surface area contributed by atoms with Gasteiger partial charge >= 0.3 is 0 Å². The highest BCUT2D eigenvalue weighted by atomic mass is 32.1. The molecule has 23 heavy (non-hydrogen) atoms. The molecular formula is C17H18FN3OS. The van der Waals surface area contributed by atoms with Gasteiger partial charge in [0.25, 0.3) is 0 Å². The van der Waals surface area contributed by atoms with Gasteiger partial charge < -0.3 is 10.1 Å². The molecule has 0 fully saturated rings. The molecule has 0 heterocycles. The number of hydrazone groups is 1. The van der Waals surface area contributed by atoms with Crippen molar-refractivity contribution in [2.45, 2.75) is 13.5 Å². The van der Waals surface area contributed by atoms with Crippen LogP contribution in [0, 0.1) is 5.82 Å². The molecule has 0 bridgehead atoms. The topological polar surface area (TPSA) is 45.6 Å². The van der Waals surface area contributed by atoms with E-state index in [-0.39, 0.29) is 5.82 Å². The molecule has 2 aromatic carbocycles. The number of nitrogens with zero attached hydrogens (tertiary/aromatic N) is 1. The molecule has 0 atom stereocenters. The molecule has 0 aliphatic carbocycles. The molecule has 0 aliphatic rings. The smallest absolute Gasteiger partial charge is 0.187 e. The van der Waals surface area contributed by atoms with Gasteiger partial charge in [-0.2, -0.15) is 5.10 Å². The van der Waals surface area contributed by atoms with Gasteiger partial charge in [-0.1, -0.05) is 12.1 Å². The lowest BCUT2D eigenvalue weighted by atomic mass is 10.2. The van der Waals surface area contributed by atoms with Crippen LogP contribution in [0.2, 0.25) is 0 Å². The van der Waals surface area contributed by atoms with Crippen molar-refractivity contribution in [3.05, 3.63) is 65.5 Å². The monoisotopic (exact) mass is 331 g/mol. The van der Waals surface area contributed by atoms with E-state index < -0.39 is 0 Å². The Balaban J connectivity index is 1.75. The van der Waals surface area contributed by atoms with Gasteiger partial charge in [0.1, 0.15) is 11.6 Å². The van der Waals surface area contributed by atoms with Crippen molar-refractivity contribution in [3.8, 4) is 5.75 Å². The molecule has 0 spiro atoms. The Hall–Kier alpha value is -2.47. The number of thiocarbonyl (C=S) groups is 1. The van der Waals surface area contributed by atoms with Crippen molar-refractivity contribution < 1.29 is 9.13 Å². The Morgan fingerprint density at radius 1 is 1.17 bits per heavy atom. The minimum absolute atomic E-state index is 0.255. The lowest BCUT2D eigenvalue weighted by Crippen LogP contribution is -2.31. The van der Waals surface area contributed by atoms with E-state index in [0.717, 1.165) is 16.9 Å². The van der Waals surface area contributed by atoms with Gasteiger partial charge in [0.15, 0.2) is 5.11 Å². The molecule has 0 saturated heterocycles. The summed E-state index contributed by atoms with van der Waals surface area (Å²) in [4.78, 5) is 0. The Morgan fingerprint density at radius 3 is 2.52 bits per heavy atom. The first-order valence-corrected chi connectivity index (χ1v) is 7.62. The molecular weight excluding hydrogens is 313 g/mol. The Kier molecular flexibility index (Phi) is 6.50. The second-order valence-electron chi connectivity index (χ2n) is 4.68. The highest BCUT2D eigenvalue weighted by Crippen LogP contribution is 2.10. The summed E-state index contributed by atoms with van der Waals surface area (Å²) >= 11 is 5.12. The maximum atomic E-state index is 12.8. The van der Waals surface area contributed by atoms with E-state index in [1.54, 1.807) is 18.3 Å². The zero-order valence-corrected chi connectivity index (χ0v) is 13.6. The van der Waals surface area contributed by atoms with Crippen LogP contribution in [0.3, 0.4) is 0 Å². The van der Waals surface area contributed by atoms with Crippen LogP contribution in [-0.2, 0) is 6.54 Å². The average Bonchev–Trinajstić information content (AvgIpc) is 2.56. The van der Waals surface area contributed by atoms with E-state index in [1.807, 2.05) is 31.2 Å². The fourth-order valence-corrected chi connectivity index (χ4v) is 1.93. The first-order chi connectivity index (χ1) is 11.2. The van der Waals surface area contributed by atoms with Gasteiger partial charge in [-0.3, -0.25) is 5.43 Å². The third-order valence-electron chi connectivity index (χ3n) is 2.94. The summed E-state index contributed by atoms with van der Waals surface area (Å²) in [6.07, 6.45) is 1.67. The van der Waals surface area contributed by atoms with Crippen molar-refractivity contribution in [2.24, 2.45) is 5.10 Å². The molecule has 0 saturated carbocycles. The van der Waals surface area contributed by atoms with Crippen molar-refractivity contribution in [1.82, 2.24) is 10.7 Å². The molecule has 6 heteroatoms. The Morgan fingerprint density at radius 2 is 1.87 bits per heavy atom. The summed E-state index contributed by atoms with van der Waals surface area (Å²) in [6, 6.07) is 13.8. The van der Waals surface area contributed by atoms with Gasteiger partial charge in [-0.15, -0.1) is 0 Å². The van der Waals surface area contributed by atoms with Crippen LogP contribution in [0.25, 0.3) is 0 Å². The molecule has 0 unspecified atom stereocenters. The molecule has 4 nitrogen and oxygen atoms in total. The summed E-state index contributed by atoms with van der Waals surface area (Å²) < 4.78 is 18.2. The predicted molar refractivity (Wildman–Crippen MR) is 94.2 cm³/mol. The first-order valence-electron chi connectivity index (χ1n) is 7.21. The second-order valence-corrected chi connectivity index (χ2v) is 5.09. The predicted octanol–water partition coefficient (Wildman–Crippen LogP) is 3.22. The van der Waals surface area contributed by atoms with Crippen molar-refractivity contribution in [3.63, 3.8) is 0 Å². The Bertz CT molecular complexity index is 657. The van der Waals surface area contributed by atoms with E-state index in [0.29, 0.717) is 18.3 Å².